The number of benzene rings is 3. The molecule has 1 aliphatic heterocycles. The third-order valence-electron chi connectivity index (χ3n) is 6.04. The highest BCUT2D eigenvalue weighted by atomic mass is 19.4. The lowest BCUT2D eigenvalue weighted by atomic mass is 9.94. The minimum atomic E-state index is -4.80. The molecule has 0 unspecified atom stereocenters. The molecule has 5 nitrogen and oxygen atoms in total. The predicted octanol–water partition coefficient (Wildman–Crippen LogP) is 5.30. The van der Waals surface area contributed by atoms with Crippen molar-refractivity contribution in [1.82, 2.24) is 4.90 Å². The summed E-state index contributed by atoms with van der Waals surface area (Å²) in [6.07, 6.45) is -4.56. The van der Waals surface area contributed by atoms with Crippen molar-refractivity contribution in [2.45, 2.75) is 32.5 Å². The Kier molecular flexibility index (Phi) is 7.28. The van der Waals surface area contributed by atoms with Crippen LogP contribution in [0.15, 0.2) is 60.7 Å². The maximum Gasteiger partial charge on any atom is 0.419 e. The van der Waals surface area contributed by atoms with Gasteiger partial charge in [-0.2, -0.15) is 13.2 Å². The molecule has 0 saturated carbocycles. The van der Waals surface area contributed by atoms with Crippen LogP contribution in [-0.2, 0) is 35.2 Å². The van der Waals surface area contributed by atoms with Gasteiger partial charge in [-0.15, -0.1) is 0 Å². The molecule has 0 aromatic heterocycles. The number of fused-ring (bicyclic) bond motifs is 1. The van der Waals surface area contributed by atoms with Crippen LogP contribution in [0.3, 0.4) is 0 Å². The quantitative estimate of drug-likeness (QED) is 0.468. The number of carbonyl (C=O) groups excluding carboxylic acids is 2. The Bertz CT molecular complexity index is 1280. The Hall–Kier alpha value is -3.88. The fraction of sp³-hybridized carbons (Fsp3) is 0.259. The van der Waals surface area contributed by atoms with E-state index >= 15 is 0 Å². The average molecular weight is 500 g/mol. The van der Waals surface area contributed by atoms with Crippen molar-refractivity contribution in [3.63, 3.8) is 0 Å². The number of rotatable bonds is 6. The fourth-order valence-corrected chi connectivity index (χ4v) is 4.18. The fourth-order valence-electron chi connectivity index (χ4n) is 4.18. The Labute approximate surface area is 205 Å². The number of halogens is 4. The van der Waals surface area contributed by atoms with Gasteiger partial charge in [-0.25, -0.2) is 4.39 Å². The van der Waals surface area contributed by atoms with E-state index in [0.29, 0.717) is 37.0 Å². The molecule has 2 amide bonds. The Morgan fingerprint density at radius 1 is 1.06 bits per heavy atom. The molecule has 36 heavy (non-hydrogen) atoms. The van der Waals surface area contributed by atoms with Crippen molar-refractivity contribution in [3.8, 4) is 5.75 Å². The number of hydrogen-bond acceptors (Lipinski definition) is 3. The SMILES string of the molecule is Cc1ccc2c(c1NC(=O)Cc1ccc(C(F)(F)F)c(F)c1)CCN(C(=O)COc1ccccc1)C2. The molecule has 0 fully saturated rings. The number of hydrogen-bond donors (Lipinski definition) is 1. The molecule has 1 heterocycles. The molecular formula is C27H24F4N2O3. The summed E-state index contributed by atoms with van der Waals surface area (Å²) >= 11 is 0. The van der Waals surface area contributed by atoms with Crippen LogP contribution in [0, 0.1) is 12.7 Å². The van der Waals surface area contributed by atoms with E-state index < -0.39 is 23.5 Å². The third kappa shape index (κ3) is 5.84. The van der Waals surface area contributed by atoms with E-state index in [1.807, 2.05) is 37.3 Å². The molecule has 9 heteroatoms. The lowest BCUT2D eigenvalue weighted by Gasteiger charge is -2.31. The molecule has 1 aliphatic rings. The predicted molar refractivity (Wildman–Crippen MR) is 126 cm³/mol. The number of carbonyl (C=O) groups is 2. The van der Waals surface area contributed by atoms with E-state index in [4.69, 9.17) is 4.74 Å². The summed E-state index contributed by atoms with van der Waals surface area (Å²) in [5, 5.41) is 2.83. The molecule has 3 aromatic rings. The van der Waals surface area contributed by atoms with Crippen LogP contribution in [0.4, 0.5) is 23.2 Å². The molecule has 1 N–H and O–H groups in total. The van der Waals surface area contributed by atoms with Gasteiger partial charge >= 0.3 is 6.18 Å². The summed E-state index contributed by atoms with van der Waals surface area (Å²) in [6, 6.07) is 15.3. The first kappa shape index (κ1) is 25.2. The Morgan fingerprint density at radius 2 is 1.81 bits per heavy atom. The number of alkyl halides is 3. The number of nitrogens with one attached hydrogen (secondary N) is 1. The first-order valence-corrected chi connectivity index (χ1v) is 11.3. The van der Waals surface area contributed by atoms with Crippen molar-refractivity contribution in [1.29, 1.82) is 0 Å². The largest absolute Gasteiger partial charge is 0.484 e. The highest BCUT2D eigenvalue weighted by Crippen LogP contribution is 2.32. The van der Waals surface area contributed by atoms with Gasteiger partial charge < -0.3 is 15.0 Å². The monoisotopic (exact) mass is 500 g/mol. The number of nitrogens with zero attached hydrogens (tertiary/aromatic N) is 1. The number of amides is 2. The van der Waals surface area contributed by atoms with Crippen molar-refractivity contribution < 1.29 is 31.9 Å². The smallest absolute Gasteiger partial charge is 0.419 e. The van der Waals surface area contributed by atoms with Gasteiger partial charge in [0, 0.05) is 18.8 Å². The second-order valence-electron chi connectivity index (χ2n) is 8.60. The van der Waals surface area contributed by atoms with Crippen LogP contribution in [0.5, 0.6) is 5.75 Å². The minimum Gasteiger partial charge on any atom is -0.484 e. The van der Waals surface area contributed by atoms with E-state index in [1.54, 1.807) is 17.0 Å². The summed E-state index contributed by atoms with van der Waals surface area (Å²) < 4.78 is 57.8. The zero-order chi connectivity index (χ0) is 25.9. The second-order valence-corrected chi connectivity index (χ2v) is 8.60. The van der Waals surface area contributed by atoms with Gasteiger partial charge in [0.1, 0.15) is 11.6 Å². The molecule has 4 rings (SSSR count). The molecule has 0 atom stereocenters. The van der Waals surface area contributed by atoms with Crippen molar-refractivity contribution in [2.75, 3.05) is 18.5 Å². The van der Waals surface area contributed by atoms with Crippen molar-refractivity contribution in [2.24, 2.45) is 0 Å². The van der Waals surface area contributed by atoms with Gasteiger partial charge in [-0.1, -0.05) is 36.4 Å². The summed E-state index contributed by atoms with van der Waals surface area (Å²) in [4.78, 5) is 27.0. The van der Waals surface area contributed by atoms with E-state index in [2.05, 4.69) is 5.32 Å². The summed E-state index contributed by atoms with van der Waals surface area (Å²) in [7, 11) is 0. The normalized spacial score (nSPS) is 13.2. The van der Waals surface area contributed by atoms with Crippen LogP contribution >= 0.6 is 0 Å². The zero-order valence-electron chi connectivity index (χ0n) is 19.5. The van der Waals surface area contributed by atoms with Gasteiger partial charge in [0.2, 0.25) is 5.91 Å². The topological polar surface area (TPSA) is 58.6 Å². The second kappa shape index (κ2) is 10.4. The first-order chi connectivity index (χ1) is 17.1. The van der Waals surface area contributed by atoms with Gasteiger partial charge in [-0.05, 0) is 59.9 Å². The average Bonchev–Trinajstić information content (AvgIpc) is 2.84. The molecule has 0 radical (unpaired) electrons. The van der Waals surface area contributed by atoms with Gasteiger partial charge in [0.25, 0.3) is 5.91 Å². The van der Waals surface area contributed by atoms with Crippen molar-refractivity contribution in [3.05, 3.63) is 94.3 Å². The Morgan fingerprint density at radius 3 is 2.50 bits per heavy atom. The molecule has 0 saturated heterocycles. The van der Waals surface area contributed by atoms with Crippen LogP contribution in [0.1, 0.15) is 27.8 Å². The van der Waals surface area contributed by atoms with E-state index in [1.165, 1.54) is 0 Å². The standard InChI is InChI=1S/C27H24F4N2O3/c1-17-7-9-19-15-33(25(35)16-36-20-5-3-2-4-6-20)12-11-21(19)26(17)32-24(34)14-18-8-10-22(23(28)13-18)27(29,30)31/h2-10,13H,11-12,14-16H2,1H3,(H,32,34). The van der Waals surface area contributed by atoms with Crippen LogP contribution in [0.2, 0.25) is 0 Å². The molecule has 0 bridgehead atoms. The summed E-state index contributed by atoms with van der Waals surface area (Å²) in [6.45, 7) is 2.55. The number of anilines is 1. The van der Waals surface area contributed by atoms with Gasteiger partial charge in [0.05, 0.1) is 12.0 Å². The highest BCUT2D eigenvalue weighted by Gasteiger charge is 2.34. The molecular weight excluding hydrogens is 476 g/mol. The minimum absolute atomic E-state index is 0.0848. The van der Waals surface area contributed by atoms with E-state index in [-0.39, 0.29) is 24.5 Å². The number of para-hydroxylation sites is 1. The van der Waals surface area contributed by atoms with Crippen LogP contribution in [-0.4, -0.2) is 29.9 Å². The Balaban J connectivity index is 1.42. The number of ether oxygens (including phenoxy) is 1. The molecule has 0 aliphatic carbocycles. The number of aryl methyl sites for hydroxylation is 1. The zero-order valence-corrected chi connectivity index (χ0v) is 19.5. The third-order valence-corrected chi connectivity index (χ3v) is 6.04. The summed E-state index contributed by atoms with van der Waals surface area (Å²) in [5.41, 5.74) is 1.97. The van der Waals surface area contributed by atoms with Crippen LogP contribution in [0.25, 0.3) is 0 Å². The first-order valence-electron chi connectivity index (χ1n) is 11.3. The highest BCUT2D eigenvalue weighted by molar-refractivity contribution is 5.94. The lowest BCUT2D eigenvalue weighted by molar-refractivity contribution is -0.140. The van der Waals surface area contributed by atoms with E-state index in [9.17, 15) is 27.2 Å². The maximum absolute atomic E-state index is 13.9. The van der Waals surface area contributed by atoms with Gasteiger partial charge in [0.15, 0.2) is 6.61 Å². The molecule has 188 valence electrons. The lowest BCUT2D eigenvalue weighted by Crippen LogP contribution is -2.39. The molecule has 0 spiro atoms. The molecule has 3 aromatic carbocycles. The maximum atomic E-state index is 13.9. The van der Waals surface area contributed by atoms with Crippen molar-refractivity contribution >= 4 is 17.5 Å². The van der Waals surface area contributed by atoms with Gasteiger partial charge in [-0.3, -0.25) is 9.59 Å². The van der Waals surface area contributed by atoms with E-state index in [0.717, 1.165) is 28.8 Å². The van der Waals surface area contributed by atoms with Crippen LogP contribution < -0.4 is 10.1 Å². The summed E-state index contributed by atoms with van der Waals surface area (Å²) in [5.74, 6) is -1.43.